The quantitative estimate of drug-likeness (QED) is 0.543. The molecular weight excluding hydrogens is 373 g/mol. The van der Waals surface area contributed by atoms with Gasteiger partial charge in [-0.25, -0.2) is 4.39 Å². The lowest BCUT2D eigenvalue weighted by Crippen LogP contribution is -2.83. The van der Waals surface area contributed by atoms with Crippen molar-refractivity contribution in [2.75, 3.05) is 7.11 Å². The van der Waals surface area contributed by atoms with E-state index in [2.05, 4.69) is 4.74 Å². The Morgan fingerprint density at radius 1 is 0.750 bits per heavy atom. The molecule has 1 saturated carbocycles. The Morgan fingerprint density at radius 2 is 1.04 bits per heavy atom. The Morgan fingerprint density at radius 3 is 1.33 bits per heavy atom. The van der Waals surface area contributed by atoms with Crippen molar-refractivity contribution in [3.8, 4) is 0 Å². The highest BCUT2D eigenvalue weighted by atomic mass is 19.4. The highest BCUT2D eigenvalue weighted by molar-refractivity contribution is 5.72. The summed E-state index contributed by atoms with van der Waals surface area (Å²) < 4.78 is 151. The van der Waals surface area contributed by atoms with E-state index in [1.54, 1.807) is 0 Å². The summed E-state index contributed by atoms with van der Waals surface area (Å²) in [5, 5.41) is 0. The topological polar surface area (TPSA) is 26.3 Å². The first-order valence-electron chi connectivity index (χ1n) is 6.02. The van der Waals surface area contributed by atoms with Gasteiger partial charge in [0.25, 0.3) is 0 Å². The van der Waals surface area contributed by atoms with Crippen LogP contribution in [0.5, 0.6) is 0 Å². The lowest BCUT2D eigenvalue weighted by molar-refractivity contribution is -0.486. The van der Waals surface area contributed by atoms with Crippen molar-refractivity contribution in [1.29, 1.82) is 0 Å². The van der Waals surface area contributed by atoms with Crippen LogP contribution < -0.4 is 0 Å². The van der Waals surface area contributed by atoms with Gasteiger partial charge < -0.3 is 4.74 Å². The molecule has 142 valence electrons. The molecule has 1 aliphatic carbocycles. The van der Waals surface area contributed by atoms with Gasteiger partial charge >= 0.3 is 35.6 Å². The van der Waals surface area contributed by atoms with Crippen molar-refractivity contribution in [2.45, 2.75) is 48.6 Å². The van der Waals surface area contributed by atoms with Crippen molar-refractivity contribution in [3.05, 3.63) is 0 Å². The number of methoxy groups -OCH3 is 1. The molecule has 1 atom stereocenters. The van der Waals surface area contributed by atoms with E-state index in [4.69, 9.17) is 0 Å². The number of ether oxygens (including phenoxy) is 1. The van der Waals surface area contributed by atoms with Crippen LogP contribution in [0.1, 0.15) is 13.3 Å². The molecule has 1 aliphatic rings. The molecule has 1 fully saturated rings. The van der Waals surface area contributed by atoms with Crippen LogP contribution in [0.2, 0.25) is 0 Å². The molecule has 0 N–H and O–H groups in total. The molecule has 1 unspecified atom stereocenters. The molecule has 0 spiro atoms. The van der Waals surface area contributed by atoms with E-state index >= 15 is 0 Å². The van der Waals surface area contributed by atoms with Gasteiger partial charge in [-0.2, -0.15) is 43.9 Å². The van der Waals surface area contributed by atoms with Gasteiger partial charge in [0.2, 0.25) is 5.67 Å². The summed E-state index contributed by atoms with van der Waals surface area (Å²) >= 11 is 0. The maximum absolute atomic E-state index is 14.2. The van der Waals surface area contributed by atoms with E-state index in [0.717, 1.165) is 0 Å². The molecule has 0 aliphatic heterocycles. The van der Waals surface area contributed by atoms with Crippen LogP contribution in [0.25, 0.3) is 0 Å². The Balaban J connectivity index is 3.66. The van der Waals surface area contributed by atoms with Crippen LogP contribution in [0.4, 0.5) is 48.3 Å². The second-order valence-electron chi connectivity index (χ2n) is 5.30. The van der Waals surface area contributed by atoms with Gasteiger partial charge in [-0.1, -0.05) is 6.92 Å². The fourth-order valence-corrected chi connectivity index (χ4v) is 2.25. The van der Waals surface area contributed by atoms with E-state index < -0.39 is 53.6 Å². The number of halogens is 11. The zero-order valence-electron chi connectivity index (χ0n) is 11.8. The predicted octanol–water partition coefficient (Wildman–Crippen LogP) is 4.08. The second kappa shape index (κ2) is 5.10. The first kappa shape index (κ1) is 20.7. The Labute approximate surface area is 126 Å². The minimum absolute atomic E-state index is 0.433. The Kier molecular flexibility index (Phi) is 4.41. The van der Waals surface area contributed by atoms with Crippen LogP contribution in [0.15, 0.2) is 0 Å². The van der Waals surface area contributed by atoms with Gasteiger partial charge in [0.1, 0.15) is 0 Å². The minimum Gasteiger partial charge on any atom is -0.469 e. The normalized spacial score (nSPS) is 29.5. The van der Waals surface area contributed by atoms with Crippen LogP contribution in [0.3, 0.4) is 0 Å². The van der Waals surface area contributed by atoms with Crippen molar-refractivity contribution in [3.63, 3.8) is 0 Å². The third-order valence-electron chi connectivity index (χ3n) is 3.76. The average Bonchev–Trinajstić information content (AvgIpc) is 2.43. The standard InChI is InChI=1S/C11H9F11O2/c1-4(5(23)24-2)3-6(12)7(13,14)9(17,18)11(21,22)10(19,20)8(6,15)16/h4H,3H2,1-2H3. The van der Waals surface area contributed by atoms with Crippen molar-refractivity contribution in [2.24, 2.45) is 5.92 Å². The molecule has 0 aromatic rings. The van der Waals surface area contributed by atoms with Crippen molar-refractivity contribution < 1.29 is 57.8 Å². The molecule has 24 heavy (non-hydrogen) atoms. The number of hydrogen-bond donors (Lipinski definition) is 0. The van der Waals surface area contributed by atoms with Crippen LogP contribution in [0, 0.1) is 5.92 Å². The number of carbonyl (C=O) groups is 1. The summed E-state index contributed by atoms with van der Waals surface area (Å²) in [5.41, 5.74) is -6.15. The molecule has 0 heterocycles. The van der Waals surface area contributed by atoms with E-state index in [-0.39, 0.29) is 0 Å². The fraction of sp³-hybridized carbons (Fsp3) is 0.909. The number of esters is 1. The summed E-state index contributed by atoms with van der Waals surface area (Å²) in [6, 6.07) is 0. The highest BCUT2D eigenvalue weighted by Gasteiger charge is 3.00. The van der Waals surface area contributed by atoms with Crippen LogP contribution in [-0.4, -0.2) is 48.4 Å². The van der Waals surface area contributed by atoms with E-state index in [9.17, 15) is 53.1 Å². The number of hydrogen-bond acceptors (Lipinski definition) is 2. The third-order valence-corrected chi connectivity index (χ3v) is 3.76. The zero-order valence-corrected chi connectivity index (χ0v) is 11.8. The molecule has 1 rings (SSSR count). The SMILES string of the molecule is COC(=O)C(C)CC1(F)C(F)(F)C(F)(F)C(F)(F)C(F)(F)C1(F)F. The molecule has 0 aromatic heterocycles. The molecule has 0 bridgehead atoms. The van der Waals surface area contributed by atoms with Crippen LogP contribution >= 0.6 is 0 Å². The summed E-state index contributed by atoms with van der Waals surface area (Å²) in [5.74, 6) is -39.4. The van der Waals surface area contributed by atoms with Gasteiger partial charge in [-0.15, -0.1) is 0 Å². The summed E-state index contributed by atoms with van der Waals surface area (Å²) in [6.45, 7) is 0.433. The van der Waals surface area contributed by atoms with Gasteiger partial charge in [0.05, 0.1) is 13.0 Å². The zero-order chi connectivity index (χ0) is 19.6. The lowest BCUT2D eigenvalue weighted by Gasteiger charge is -2.52. The fourth-order valence-electron chi connectivity index (χ4n) is 2.25. The first-order valence-corrected chi connectivity index (χ1v) is 6.02. The van der Waals surface area contributed by atoms with E-state index in [0.29, 0.717) is 14.0 Å². The predicted molar refractivity (Wildman–Crippen MR) is 54.4 cm³/mol. The highest BCUT2D eigenvalue weighted by Crippen LogP contribution is 2.70. The molecule has 0 amide bonds. The largest absolute Gasteiger partial charge is 0.469 e. The third kappa shape index (κ3) is 1.98. The average molecular weight is 382 g/mol. The van der Waals surface area contributed by atoms with Gasteiger partial charge in [-0.3, -0.25) is 4.79 Å². The monoisotopic (exact) mass is 382 g/mol. The molecule has 0 saturated heterocycles. The first-order chi connectivity index (χ1) is 10.4. The summed E-state index contributed by atoms with van der Waals surface area (Å²) in [7, 11) is 0.582. The second-order valence-corrected chi connectivity index (χ2v) is 5.30. The maximum Gasteiger partial charge on any atom is 0.384 e. The minimum atomic E-state index is -7.25. The van der Waals surface area contributed by atoms with Gasteiger partial charge in [0, 0.05) is 6.42 Å². The van der Waals surface area contributed by atoms with Crippen molar-refractivity contribution >= 4 is 5.97 Å². The summed E-state index contributed by atoms with van der Waals surface area (Å²) in [4.78, 5) is 11.0. The van der Waals surface area contributed by atoms with E-state index in [1.165, 1.54) is 0 Å². The maximum atomic E-state index is 14.2. The smallest absolute Gasteiger partial charge is 0.384 e. The van der Waals surface area contributed by atoms with Crippen LogP contribution in [-0.2, 0) is 9.53 Å². The molecule has 2 nitrogen and oxygen atoms in total. The Bertz CT molecular complexity index is 498. The van der Waals surface area contributed by atoms with Gasteiger partial charge in [-0.05, 0) is 0 Å². The van der Waals surface area contributed by atoms with E-state index in [1.807, 2.05) is 0 Å². The number of rotatable bonds is 3. The molecule has 0 radical (unpaired) electrons. The molecular formula is C11H9F11O2. The number of carbonyl (C=O) groups excluding carboxylic acids is 1. The Hall–Kier alpha value is -1.30. The molecule has 13 heteroatoms. The van der Waals surface area contributed by atoms with Crippen molar-refractivity contribution in [1.82, 2.24) is 0 Å². The number of alkyl halides is 11. The molecule has 0 aromatic carbocycles. The summed E-state index contributed by atoms with van der Waals surface area (Å²) in [6.07, 6.45) is -2.61. The van der Waals surface area contributed by atoms with Gasteiger partial charge in [0.15, 0.2) is 0 Å². The lowest BCUT2D eigenvalue weighted by atomic mass is 9.69.